The first kappa shape index (κ1) is 23.0. The smallest absolute Gasteiger partial charge is 0.0645 e. The summed E-state index contributed by atoms with van der Waals surface area (Å²) in [4.78, 5) is 1.16. The van der Waals surface area contributed by atoms with Crippen LogP contribution in [0.3, 0.4) is 0 Å². The van der Waals surface area contributed by atoms with Gasteiger partial charge in [0.15, 0.2) is 0 Å². The Morgan fingerprint density at radius 3 is 1.44 bits per heavy atom. The molecule has 0 aliphatic heterocycles. The molecule has 0 spiro atoms. The summed E-state index contributed by atoms with van der Waals surface area (Å²) in [5.41, 5.74) is 2.82. The quantitative estimate of drug-likeness (QED) is 0.141. The summed E-state index contributed by atoms with van der Waals surface area (Å²) in [5, 5.41) is 1.67. The average molecular weight is 808 g/mol. The molecule has 62 heavy (non-hydrogen) atoms. The fourth-order valence-corrected chi connectivity index (χ4v) is 7.77. The normalized spacial score (nSPS) is 15.1. The lowest BCUT2D eigenvalue weighted by Gasteiger charge is -2.28. The first-order chi connectivity index (χ1) is 37.8. The molecule has 2 nitrogen and oxygen atoms in total. The van der Waals surface area contributed by atoms with Crippen molar-refractivity contribution in [1.29, 1.82) is 0 Å². The van der Waals surface area contributed by atoms with Crippen LogP contribution in [-0.4, -0.2) is 4.57 Å². The Hall–Kier alpha value is -8.20. The van der Waals surface area contributed by atoms with E-state index in [0.29, 0.717) is 16.7 Å². The highest BCUT2D eigenvalue weighted by Gasteiger charge is 2.18. The Labute approximate surface area is 386 Å². The van der Waals surface area contributed by atoms with Crippen LogP contribution in [0.4, 0.5) is 17.1 Å². The molecule has 0 bridgehead atoms. The van der Waals surface area contributed by atoms with Gasteiger partial charge in [0.1, 0.15) is 0 Å². The number of nitrogens with zero attached hydrogens (tertiary/aromatic N) is 2. The zero-order valence-electron chi connectivity index (χ0n) is 49.8. The van der Waals surface area contributed by atoms with Crippen LogP contribution in [0.1, 0.15) is 23.3 Å². The first-order valence-corrected chi connectivity index (χ1v) is 19.9. The van der Waals surface area contributed by atoms with E-state index in [1.54, 1.807) is 60.7 Å². The van der Waals surface area contributed by atoms with E-state index in [2.05, 4.69) is 16.7 Å². The molecule has 0 aliphatic carbocycles. The SMILES string of the molecule is [2H]c1c([2H])c([2H])c(-c2c([2H])c([2H])c(-c3c([2H])c([2H])c(N(c4ccccc4-c4ccccc4)c4c([2H])c([2H])c(-c5ccc6c(c5)c5ccccc5n6-c5ccc(-c6ccccc6)cc5)c([2H])c4[2H])c([2H])c3[2H])c([2H])c2[2H])c([2H])c1[2H]. The largest absolute Gasteiger partial charge is 0.310 e. The molecule has 0 saturated carbocycles. The maximum atomic E-state index is 9.80. The van der Waals surface area contributed by atoms with Crippen LogP contribution in [0.2, 0.25) is 0 Å². The Morgan fingerprint density at radius 2 is 0.790 bits per heavy atom. The second-order valence-corrected chi connectivity index (χ2v) is 14.4. The monoisotopic (exact) mass is 807 g/mol. The summed E-state index contributed by atoms with van der Waals surface area (Å²) in [6.07, 6.45) is 0. The lowest BCUT2D eigenvalue weighted by atomic mass is 9.99. The number of hydrogen-bond acceptors (Lipinski definition) is 1. The highest BCUT2D eigenvalue weighted by atomic mass is 15.1. The molecule has 0 atom stereocenters. The maximum absolute atomic E-state index is 9.80. The number of benzene rings is 10. The maximum Gasteiger partial charge on any atom is 0.0645 e. The zero-order valence-corrected chi connectivity index (χ0v) is 32.8. The number of rotatable bonds is 9. The number of aromatic nitrogens is 1. The third-order valence-electron chi connectivity index (χ3n) is 10.7. The van der Waals surface area contributed by atoms with Gasteiger partial charge in [-0.25, -0.2) is 0 Å². The van der Waals surface area contributed by atoms with E-state index in [1.807, 2.05) is 78.9 Å². The molecule has 0 saturated heterocycles. The second-order valence-electron chi connectivity index (χ2n) is 14.4. The van der Waals surface area contributed by atoms with Crippen molar-refractivity contribution in [1.82, 2.24) is 4.57 Å². The predicted molar refractivity (Wildman–Crippen MR) is 263 cm³/mol. The summed E-state index contributed by atoms with van der Waals surface area (Å²) in [6, 6.07) is 34.4. The Kier molecular flexibility index (Phi) is 5.97. The highest BCUT2D eigenvalue weighted by Crippen LogP contribution is 2.42. The van der Waals surface area contributed by atoms with Gasteiger partial charge in [-0.2, -0.15) is 0 Å². The van der Waals surface area contributed by atoms with Crippen molar-refractivity contribution in [3.05, 3.63) is 254 Å². The van der Waals surface area contributed by atoms with Crippen molar-refractivity contribution in [2.75, 3.05) is 4.90 Å². The molecule has 0 fully saturated rings. The molecular formula is C60H42N2. The van der Waals surface area contributed by atoms with E-state index in [4.69, 9.17) is 12.3 Å². The van der Waals surface area contributed by atoms with Gasteiger partial charge < -0.3 is 9.47 Å². The lowest BCUT2D eigenvalue weighted by molar-refractivity contribution is 1.18. The summed E-state index contributed by atoms with van der Waals surface area (Å²) in [7, 11) is 0. The summed E-state index contributed by atoms with van der Waals surface area (Å²) < 4.78 is 157. The minimum atomic E-state index is -0.877. The Balaban J connectivity index is 1.11. The van der Waals surface area contributed by atoms with Crippen LogP contribution in [0.5, 0.6) is 0 Å². The van der Waals surface area contributed by atoms with Crippen LogP contribution in [0.25, 0.3) is 83.1 Å². The molecular weight excluding hydrogens is 749 g/mol. The Bertz CT molecular complexity index is 4220. The van der Waals surface area contributed by atoms with E-state index < -0.39 is 136 Å². The van der Waals surface area contributed by atoms with Crippen LogP contribution in [0, 0.1) is 0 Å². The minimum absolute atomic E-state index is 0.0358. The number of anilines is 3. The molecule has 0 amide bonds. The zero-order chi connectivity index (χ0) is 56.0. The van der Waals surface area contributed by atoms with Gasteiger partial charge in [0.2, 0.25) is 0 Å². The summed E-state index contributed by atoms with van der Waals surface area (Å²) in [5.74, 6) is 0. The summed E-state index contributed by atoms with van der Waals surface area (Å²) in [6.45, 7) is 0. The van der Waals surface area contributed by atoms with Gasteiger partial charge in [-0.3, -0.25) is 0 Å². The molecule has 292 valence electrons. The molecule has 10 aromatic carbocycles. The van der Waals surface area contributed by atoms with Crippen molar-refractivity contribution < 1.29 is 23.3 Å². The molecule has 1 aromatic heterocycles. The predicted octanol–water partition coefficient (Wildman–Crippen LogP) is 16.6. The number of fused-ring (bicyclic) bond motifs is 3. The van der Waals surface area contributed by atoms with Crippen LogP contribution in [-0.2, 0) is 0 Å². The molecule has 0 unspecified atom stereocenters. The van der Waals surface area contributed by atoms with E-state index in [-0.39, 0.29) is 11.3 Å². The second kappa shape index (κ2) is 16.1. The highest BCUT2D eigenvalue weighted by molar-refractivity contribution is 6.10. The van der Waals surface area contributed by atoms with Crippen molar-refractivity contribution in [3.8, 4) is 61.3 Å². The Morgan fingerprint density at radius 1 is 0.323 bits per heavy atom. The van der Waals surface area contributed by atoms with Gasteiger partial charge in [0.25, 0.3) is 0 Å². The lowest BCUT2D eigenvalue weighted by Crippen LogP contribution is -2.11. The van der Waals surface area contributed by atoms with E-state index >= 15 is 0 Å². The van der Waals surface area contributed by atoms with Gasteiger partial charge in [-0.15, -0.1) is 0 Å². The van der Waals surface area contributed by atoms with Crippen LogP contribution in [0.15, 0.2) is 254 Å². The van der Waals surface area contributed by atoms with Crippen LogP contribution < -0.4 is 4.90 Å². The topological polar surface area (TPSA) is 8.17 Å². The average Bonchev–Trinajstić information content (AvgIpc) is 4.01. The molecule has 2 heteroatoms. The third kappa shape index (κ3) is 6.94. The third-order valence-corrected chi connectivity index (χ3v) is 10.7. The van der Waals surface area contributed by atoms with Crippen molar-refractivity contribution in [2.24, 2.45) is 0 Å². The van der Waals surface area contributed by atoms with E-state index in [0.717, 1.165) is 43.5 Å². The molecule has 1 heterocycles. The summed E-state index contributed by atoms with van der Waals surface area (Å²) >= 11 is 0. The van der Waals surface area contributed by atoms with Gasteiger partial charge in [0, 0.05) is 33.4 Å². The van der Waals surface area contributed by atoms with Gasteiger partial charge in [-0.1, -0.05) is 194 Å². The van der Waals surface area contributed by atoms with E-state index in [9.17, 15) is 11.0 Å². The first-order valence-electron chi connectivity index (χ1n) is 28.4. The minimum Gasteiger partial charge on any atom is -0.310 e. The molecule has 11 aromatic rings. The van der Waals surface area contributed by atoms with Crippen LogP contribution >= 0.6 is 0 Å². The van der Waals surface area contributed by atoms with Crippen molar-refractivity contribution >= 4 is 38.9 Å². The fraction of sp³-hybridized carbons (Fsp3) is 0. The molecule has 0 aliphatic rings. The number of hydrogen-bond donors (Lipinski definition) is 0. The van der Waals surface area contributed by atoms with Crippen molar-refractivity contribution in [2.45, 2.75) is 0 Å². The van der Waals surface area contributed by atoms with Gasteiger partial charge in [0.05, 0.1) is 40.0 Å². The number of para-hydroxylation sites is 2. The molecule has 0 N–H and O–H groups in total. The van der Waals surface area contributed by atoms with Gasteiger partial charge >= 0.3 is 0 Å². The van der Waals surface area contributed by atoms with E-state index in [1.165, 1.54) is 0 Å². The standard InChI is InChI=1S/C60H42N2/c1-4-14-43(15-5-1)45-24-26-46(27-25-45)48-28-35-52(36-29-48)61(58-22-12-10-20-55(58)50-18-8-3-9-19-50)53-37-32-49(33-38-53)51-34-41-60-57(42-51)56-21-11-13-23-59(56)62(60)54-39-30-47(31-40-54)44-16-6-2-7-17-44/h1-42H/i1D,4D,5D,14D,15D,24D,25D,26D,27D,28D,29D,32D,33D,35D,36D,37D,38D. The molecule has 11 rings (SSSR count). The van der Waals surface area contributed by atoms with Crippen molar-refractivity contribution in [3.63, 3.8) is 0 Å². The fourth-order valence-electron chi connectivity index (χ4n) is 7.77. The molecule has 0 radical (unpaired) electrons. The van der Waals surface area contributed by atoms with Gasteiger partial charge in [-0.05, 0) is 111 Å².